The quantitative estimate of drug-likeness (QED) is 0.618. The molecule has 0 aliphatic carbocycles. The predicted molar refractivity (Wildman–Crippen MR) is 109 cm³/mol. The van der Waals surface area contributed by atoms with E-state index < -0.39 is 0 Å². The third-order valence-electron chi connectivity index (χ3n) is 5.36. The van der Waals surface area contributed by atoms with E-state index in [1.54, 1.807) is 0 Å². The summed E-state index contributed by atoms with van der Waals surface area (Å²) in [6.45, 7) is 7.27. The van der Waals surface area contributed by atoms with E-state index in [0.717, 1.165) is 25.8 Å². The van der Waals surface area contributed by atoms with E-state index >= 15 is 0 Å². The fourth-order valence-electron chi connectivity index (χ4n) is 3.63. The molecule has 1 atom stereocenters. The molecule has 2 amide bonds. The smallest absolute Gasteiger partial charge is 0.220 e. The van der Waals surface area contributed by atoms with Gasteiger partial charge in [-0.25, -0.2) is 0 Å². The first kappa shape index (κ1) is 21.4. The van der Waals surface area contributed by atoms with Crippen molar-refractivity contribution >= 4 is 11.8 Å². The van der Waals surface area contributed by atoms with Crippen LogP contribution in [0.4, 0.5) is 0 Å². The molecule has 2 rings (SSSR count). The SMILES string of the molecule is CC(=O)NCCCCCC(=O)NCc1ccccc1CN1CCCC[C@H]1C. The lowest BCUT2D eigenvalue weighted by Crippen LogP contribution is -2.37. The van der Waals surface area contributed by atoms with Crippen molar-refractivity contribution in [2.75, 3.05) is 13.1 Å². The zero-order valence-corrected chi connectivity index (χ0v) is 16.9. The lowest BCUT2D eigenvalue weighted by Gasteiger charge is -2.33. The molecule has 0 unspecified atom stereocenters. The van der Waals surface area contributed by atoms with Crippen LogP contribution in [0.15, 0.2) is 24.3 Å². The maximum atomic E-state index is 12.1. The Hall–Kier alpha value is -1.88. The van der Waals surface area contributed by atoms with Gasteiger partial charge in [0.15, 0.2) is 0 Å². The molecule has 150 valence electrons. The number of hydrogen-bond acceptors (Lipinski definition) is 3. The summed E-state index contributed by atoms with van der Waals surface area (Å²) >= 11 is 0. The van der Waals surface area contributed by atoms with E-state index in [2.05, 4.69) is 40.7 Å². The van der Waals surface area contributed by atoms with E-state index in [4.69, 9.17) is 0 Å². The number of carbonyl (C=O) groups is 2. The molecule has 1 aliphatic rings. The maximum absolute atomic E-state index is 12.1. The van der Waals surface area contributed by atoms with Crippen LogP contribution in [-0.2, 0) is 22.7 Å². The van der Waals surface area contributed by atoms with Gasteiger partial charge in [-0.3, -0.25) is 14.5 Å². The van der Waals surface area contributed by atoms with Gasteiger partial charge in [0.05, 0.1) is 0 Å². The van der Waals surface area contributed by atoms with Crippen LogP contribution >= 0.6 is 0 Å². The van der Waals surface area contributed by atoms with Crippen molar-refractivity contribution in [2.45, 2.75) is 77.9 Å². The van der Waals surface area contributed by atoms with Crippen molar-refractivity contribution < 1.29 is 9.59 Å². The summed E-state index contributed by atoms with van der Waals surface area (Å²) in [5.74, 6) is 0.112. The predicted octanol–water partition coefficient (Wildman–Crippen LogP) is 3.37. The van der Waals surface area contributed by atoms with Crippen LogP contribution in [0, 0.1) is 0 Å². The summed E-state index contributed by atoms with van der Waals surface area (Å²) in [7, 11) is 0. The van der Waals surface area contributed by atoms with Crippen molar-refractivity contribution in [1.29, 1.82) is 0 Å². The van der Waals surface area contributed by atoms with E-state index in [0.29, 0.717) is 25.6 Å². The van der Waals surface area contributed by atoms with Crippen molar-refractivity contribution in [1.82, 2.24) is 15.5 Å². The third kappa shape index (κ3) is 8.12. The molecular formula is C22H35N3O2. The molecule has 0 spiro atoms. The Morgan fingerprint density at radius 1 is 1.07 bits per heavy atom. The van der Waals surface area contributed by atoms with Crippen LogP contribution in [0.1, 0.15) is 69.9 Å². The lowest BCUT2D eigenvalue weighted by molar-refractivity contribution is -0.121. The lowest BCUT2D eigenvalue weighted by atomic mass is 10.0. The topological polar surface area (TPSA) is 61.4 Å². The monoisotopic (exact) mass is 373 g/mol. The second-order valence-corrected chi connectivity index (χ2v) is 7.65. The Bertz CT molecular complexity index is 603. The molecule has 1 aromatic carbocycles. The number of benzene rings is 1. The normalized spacial score (nSPS) is 17.5. The highest BCUT2D eigenvalue weighted by molar-refractivity contribution is 5.75. The van der Waals surface area contributed by atoms with Gasteiger partial charge in [-0.15, -0.1) is 0 Å². The number of amides is 2. The highest BCUT2D eigenvalue weighted by Crippen LogP contribution is 2.20. The number of nitrogens with zero attached hydrogens (tertiary/aromatic N) is 1. The van der Waals surface area contributed by atoms with Crippen molar-refractivity contribution in [3.63, 3.8) is 0 Å². The standard InChI is InChI=1S/C22H35N3O2/c1-18-10-7-9-15-25(18)17-21-12-6-5-11-20(21)16-24-22(27)13-4-3-8-14-23-19(2)26/h5-6,11-12,18H,3-4,7-10,13-17H2,1-2H3,(H,23,26)(H,24,27)/t18-/m1/s1. The molecule has 2 N–H and O–H groups in total. The fraction of sp³-hybridized carbons (Fsp3) is 0.636. The minimum atomic E-state index is 0.00496. The molecule has 5 nitrogen and oxygen atoms in total. The zero-order chi connectivity index (χ0) is 19.5. The highest BCUT2D eigenvalue weighted by Gasteiger charge is 2.19. The van der Waals surface area contributed by atoms with Crippen LogP contribution in [0.25, 0.3) is 0 Å². The zero-order valence-electron chi connectivity index (χ0n) is 16.9. The molecule has 0 saturated carbocycles. The van der Waals surface area contributed by atoms with Crippen LogP contribution in [0.2, 0.25) is 0 Å². The first-order valence-electron chi connectivity index (χ1n) is 10.4. The number of unbranched alkanes of at least 4 members (excludes halogenated alkanes) is 2. The van der Waals surface area contributed by atoms with E-state index in [1.807, 2.05) is 6.07 Å². The van der Waals surface area contributed by atoms with Gasteiger partial charge in [0, 0.05) is 39.0 Å². The van der Waals surface area contributed by atoms with Crippen molar-refractivity contribution in [3.8, 4) is 0 Å². The molecule has 1 saturated heterocycles. The number of hydrogen-bond donors (Lipinski definition) is 2. The van der Waals surface area contributed by atoms with E-state index in [-0.39, 0.29) is 11.8 Å². The van der Waals surface area contributed by atoms with Crippen molar-refractivity contribution in [2.24, 2.45) is 0 Å². The first-order chi connectivity index (χ1) is 13.1. The number of nitrogens with one attached hydrogen (secondary N) is 2. The summed E-state index contributed by atoms with van der Waals surface area (Å²) in [5, 5.41) is 5.85. The van der Waals surface area contributed by atoms with Crippen LogP contribution in [-0.4, -0.2) is 35.8 Å². The summed E-state index contributed by atoms with van der Waals surface area (Å²) in [6.07, 6.45) is 7.18. The largest absolute Gasteiger partial charge is 0.356 e. The van der Waals surface area contributed by atoms with Gasteiger partial charge in [0.25, 0.3) is 0 Å². The Morgan fingerprint density at radius 2 is 1.85 bits per heavy atom. The van der Waals surface area contributed by atoms with E-state index in [1.165, 1.54) is 43.9 Å². The second-order valence-electron chi connectivity index (χ2n) is 7.65. The molecule has 27 heavy (non-hydrogen) atoms. The molecule has 0 radical (unpaired) electrons. The number of rotatable bonds is 10. The van der Waals surface area contributed by atoms with Gasteiger partial charge >= 0.3 is 0 Å². The highest BCUT2D eigenvalue weighted by atomic mass is 16.2. The van der Waals surface area contributed by atoms with E-state index in [9.17, 15) is 9.59 Å². The maximum Gasteiger partial charge on any atom is 0.220 e. The number of likely N-dealkylation sites (tertiary alicyclic amines) is 1. The molecule has 1 fully saturated rings. The Kier molecular flexibility index (Phi) is 9.32. The minimum absolute atomic E-state index is 0.00496. The number of piperidine rings is 1. The minimum Gasteiger partial charge on any atom is -0.356 e. The molecular weight excluding hydrogens is 338 g/mol. The van der Waals surface area contributed by atoms with Gasteiger partial charge in [-0.05, 0) is 50.3 Å². The molecule has 1 heterocycles. The molecule has 5 heteroatoms. The second kappa shape index (κ2) is 11.8. The number of carbonyl (C=O) groups excluding carboxylic acids is 2. The third-order valence-corrected chi connectivity index (χ3v) is 5.36. The summed E-state index contributed by atoms with van der Waals surface area (Å²) < 4.78 is 0. The van der Waals surface area contributed by atoms with Gasteiger partial charge in [-0.2, -0.15) is 0 Å². The van der Waals surface area contributed by atoms with Gasteiger partial charge in [0.2, 0.25) is 11.8 Å². The Balaban J connectivity index is 1.72. The average Bonchev–Trinajstić information content (AvgIpc) is 2.65. The van der Waals surface area contributed by atoms with Crippen LogP contribution in [0.5, 0.6) is 0 Å². The van der Waals surface area contributed by atoms with Gasteiger partial charge < -0.3 is 10.6 Å². The van der Waals surface area contributed by atoms with Gasteiger partial charge in [0.1, 0.15) is 0 Å². The van der Waals surface area contributed by atoms with Crippen LogP contribution in [0.3, 0.4) is 0 Å². The molecule has 1 aliphatic heterocycles. The summed E-state index contributed by atoms with van der Waals surface area (Å²) in [5.41, 5.74) is 2.54. The first-order valence-corrected chi connectivity index (χ1v) is 10.4. The van der Waals surface area contributed by atoms with Gasteiger partial charge in [-0.1, -0.05) is 37.1 Å². The summed E-state index contributed by atoms with van der Waals surface area (Å²) in [6, 6.07) is 9.08. The molecule has 0 bridgehead atoms. The average molecular weight is 374 g/mol. The Morgan fingerprint density at radius 3 is 2.59 bits per heavy atom. The molecule has 1 aromatic rings. The van der Waals surface area contributed by atoms with Crippen molar-refractivity contribution in [3.05, 3.63) is 35.4 Å². The Labute approximate surface area is 163 Å². The fourth-order valence-corrected chi connectivity index (χ4v) is 3.63. The molecule has 0 aromatic heterocycles. The summed E-state index contributed by atoms with van der Waals surface area (Å²) in [4.78, 5) is 25.5. The van der Waals surface area contributed by atoms with Crippen LogP contribution < -0.4 is 10.6 Å².